The summed E-state index contributed by atoms with van der Waals surface area (Å²) >= 11 is 3.96. The van der Waals surface area contributed by atoms with Gasteiger partial charge < -0.3 is 0 Å². The van der Waals surface area contributed by atoms with Crippen LogP contribution in [0.5, 0.6) is 0 Å². The second kappa shape index (κ2) is 5.11. The Kier molecular flexibility index (Phi) is 2.96. The number of hydrogen-bond donors (Lipinski definition) is 0. The van der Waals surface area contributed by atoms with Gasteiger partial charge in [0.2, 0.25) is 0 Å². The van der Waals surface area contributed by atoms with Crippen LogP contribution in [-0.2, 0) is 5.41 Å². The molecular weight excluding hydrogens is 392 g/mol. The minimum absolute atomic E-state index is 0.00659. The molecule has 0 aromatic heterocycles. The minimum atomic E-state index is -0.168. The molecule has 1 heteroatoms. The lowest BCUT2D eigenvalue weighted by atomic mass is 9.67. The Morgan fingerprint density at radius 1 is 0.704 bits per heavy atom. The number of alkyl halides is 1. The Labute approximate surface area is 168 Å². The number of halogens is 1. The summed E-state index contributed by atoms with van der Waals surface area (Å²) in [6, 6.07) is 27.0. The zero-order valence-corrected chi connectivity index (χ0v) is 16.8. The lowest BCUT2D eigenvalue weighted by molar-refractivity contribution is 0.667. The van der Waals surface area contributed by atoms with Gasteiger partial charge in [-0.15, -0.1) is 0 Å². The second-order valence-corrected chi connectivity index (χ2v) is 9.88. The molecule has 1 spiro atoms. The van der Waals surface area contributed by atoms with Crippen LogP contribution in [0.2, 0.25) is 0 Å². The molecule has 0 nitrogen and oxygen atoms in total. The smallest absolute Gasteiger partial charge is 0.0689 e. The molecule has 0 fully saturated rings. The van der Waals surface area contributed by atoms with Gasteiger partial charge in [-0.1, -0.05) is 101 Å². The van der Waals surface area contributed by atoms with Crippen molar-refractivity contribution < 1.29 is 0 Å². The topological polar surface area (TPSA) is 0 Å². The Morgan fingerprint density at radius 3 is 1.78 bits per heavy atom. The minimum Gasteiger partial charge on any atom is -0.0807 e. The van der Waals surface area contributed by atoms with E-state index < -0.39 is 0 Å². The highest BCUT2D eigenvalue weighted by atomic mass is 79.9. The van der Waals surface area contributed by atoms with Gasteiger partial charge in [-0.05, 0) is 57.9 Å². The summed E-state index contributed by atoms with van der Waals surface area (Å²) in [4.78, 5) is 0. The van der Waals surface area contributed by atoms with Gasteiger partial charge in [0, 0.05) is 4.32 Å². The van der Waals surface area contributed by atoms with E-state index >= 15 is 0 Å². The number of hydrogen-bond acceptors (Lipinski definition) is 0. The lowest BCUT2D eigenvalue weighted by Gasteiger charge is -2.36. The predicted molar refractivity (Wildman–Crippen MR) is 116 cm³/mol. The van der Waals surface area contributed by atoms with Crippen LogP contribution in [0.3, 0.4) is 0 Å². The van der Waals surface area contributed by atoms with Gasteiger partial charge in [0.05, 0.1) is 5.41 Å². The normalized spacial score (nSPS) is 23.2. The van der Waals surface area contributed by atoms with Crippen LogP contribution in [-0.4, -0.2) is 4.32 Å². The summed E-state index contributed by atoms with van der Waals surface area (Å²) in [5.41, 5.74) is 11.2. The summed E-state index contributed by atoms with van der Waals surface area (Å²) < 4.78 is -0.00659. The highest BCUT2D eigenvalue weighted by molar-refractivity contribution is 9.10. The summed E-state index contributed by atoms with van der Waals surface area (Å²) in [5, 5.41) is 0. The molecule has 3 aliphatic carbocycles. The molecule has 0 saturated carbocycles. The van der Waals surface area contributed by atoms with Crippen molar-refractivity contribution in [1.29, 1.82) is 0 Å². The molecule has 0 N–H and O–H groups in total. The maximum absolute atomic E-state index is 3.96. The summed E-state index contributed by atoms with van der Waals surface area (Å²) in [5.74, 6) is 0. The van der Waals surface area contributed by atoms with E-state index in [9.17, 15) is 0 Å². The van der Waals surface area contributed by atoms with Crippen LogP contribution in [0.4, 0.5) is 0 Å². The summed E-state index contributed by atoms with van der Waals surface area (Å²) in [6.07, 6.45) is 5.66. The van der Waals surface area contributed by atoms with Gasteiger partial charge in [-0.3, -0.25) is 0 Å². The fraction of sp³-hybridized carbons (Fsp3) is 0.154. The fourth-order valence-corrected chi connectivity index (χ4v) is 5.91. The van der Waals surface area contributed by atoms with Crippen molar-refractivity contribution in [1.82, 2.24) is 0 Å². The highest BCUT2D eigenvalue weighted by Crippen LogP contribution is 2.64. The zero-order valence-electron chi connectivity index (χ0n) is 15.2. The number of fused-ring (bicyclic) bond motifs is 9. The van der Waals surface area contributed by atoms with E-state index in [0.717, 1.165) is 6.42 Å². The molecule has 0 aliphatic heterocycles. The highest BCUT2D eigenvalue weighted by Gasteiger charge is 2.53. The first-order valence-corrected chi connectivity index (χ1v) is 10.3. The first-order valence-electron chi connectivity index (χ1n) is 9.54. The van der Waals surface area contributed by atoms with Crippen LogP contribution in [0.1, 0.15) is 35.6 Å². The van der Waals surface area contributed by atoms with Crippen molar-refractivity contribution in [3.05, 3.63) is 113 Å². The van der Waals surface area contributed by atoms with Crippen molar-refractivity contribution in [2.45, 2.75) is 23.1 Å². The Bertz CT molecular complexity index is 1130. The van der Waals surface area contributed by atoms with Gasteiger partial charge in [0.15, 0.2) is 0 Å². The molecule has 27 heavy (non-hydrogen) atoms. The number of benzene rings is 3. The van der Waals surface area contributed by atoms with E-state index in [1.165, 1.54) is 44.5 Å². The molecule has 0 amide bonds. The molecule has 0 unspecified atom stereocenters. The van der Waals surface area contributed by atoms with Crippen molar-refractivity contribution >= 4 is 21.5 Å². The van der Waals surface area contributed by atoms with Crippen LogP contribution < -0.4 is 0 Å². The summed E-state index contributed by atoms with van der Waals surface area (Å²) in [6.45, 7) is 2.27. The van der Waals surface area contributed by atoms with Crippen LogP contribution >= 0.6 is 15.9 Å². The van der Waals surface area contributed by atoms with E-state index in [1.54, 1.807) is 0 Å². The standard InChI is InChI=1S/C26H19Br/c1-25(27)15-14-20-19-10-4-7-13-23(19)26(24(20)16-25)21-11-5-2-8-17(21)18-9-3-6-12-22(18)26/h2-15H,16H2,1H3/t25-/m1/s1. The molecule has 130 valence electrons. The first kappa shape index (κ1) is 15.7. The van der Waals surface area contributed by atoms with Gasteiger partial charge in [0.1, 0.15) is 0 Å². The maximum Gasteiger partial charge on any atom is 0.0689 e. The SMILES string of the molecule is C[C@@]1(Br)C=CC2=C(C1)C1(c3ccccc32)c2ccccc2-c2ccccc21. The molecular formula is C26H19Br. The third-order valence-corrected chi connectivity index (χ3v) is 7.02. The quantitative estimate of drug-likeness (QED) is 0.354. The van der Waals surface area contributed by atoms with Crippen LogP contribution in [0, 0.1) is 0 Å². The van der Waals surface area contributed by atoms with E-state index in [1.807, 2.05) is 0 Å². The molecule has 1 atom stereocenters. The molecule has 0 heterocycles. The molecule has 3 aliphatic rings. The molecule has 3 aromatic rings. The van der Waals surface area contributed by atoms with E-state index in [0.29, 0.717) is 0 Å². The predicted octanol–water partition coefficient (Wildman–Crippen LogP) is 6.88. The van der Waals surface area contributed by atoms with Gasteiger partial charge in [-0.2, -0.15) is 0 Å². The van der Waals surface area contributed by atoms with Gasteiger partial charge in [-0.25, -0.2) is 0 Å². The Hall–Kier alpha value is -2.38. The molecule has 0 bridgehead atoms. The third kappa shape index (κ3) is 1.83. The van der Waals surface area contributed by atoms with E-state index in [-0.39, 0.29) is 9.74 Å². The Morgan fingerprint density at radius 2 is 1.19 bits per heavy atom. The zero-order chi connectivity index (χ0) is 18.2. The summed E-state index contributed by atoms with van der Waals surface area (Å²) in [7, 11) is 0. The van der Waals surface area contributed by atoms with Crippen LogP contribution in [0.15, 0.2) is 90.5 Å². The van der Waals surface area contributed by atoms with Gasteiger partial charge in [0.25, 0.3) is 0 Å². The average molecular weight is 411 g/mol. The molecule has 0 radical (unpaired) electrons. The monoisotopic (exact) mass is 410 g/mol. The van der Waals surface area contributed by atoms with Crippen LogP contribution in [0.25, 0.3) is 16.7 Å². The van der Waals surface area contributed by atoms with Crippen molar-refractivity contribution in [2.24, 2.45) is 0 Å². The number of rotatable bonds is 0. The second-order valence-electron chi connectivity index (χ2n) is 8.07. The Balaban J connectivity index is 1.81. The average Bonchev–Trinajstić information content (AvgIpc) is 3.14. The third-order valence-electron chi connectivity index (χ3n) is 6.47. The molecule has 3 aromatic carbocycles. The molecule has 6 rings (SSSR count). The maximum atomic E-state index is 3.96. The van der Waals surface area contributed by atoms with E-state index in [2.05, 4.69) is 108 Å². The van der Waals surface area contributed by atoms with Gasteiger partial charge >= 0.3 is 0 Å². The first-order chi connectivity index (χ1) is 13.1. The van der Waals surface area contributed by atoms with Crippen molar-refractivity contribution in [3.8, 4) is 11.1 Å². The molecule has 0 saturated heterocycles. The van der Waals surface area contributed by atoms with Crippen molar-refractivity contribution in [2.75, 3.05) is 0 Å². The largest absolute Gasteiger partial charge is 0.0807 e. The fourth-order valence-electron chi connectivity index (χ4n) is 5.50. The number of allylic oxidation sites excluding steroid dienone is 4. The lowest BCUT2D eigenvalue weighted by Crippen LogP contribution is -2.31. The van der Waals surface area contributed by atoms with Crippen molar-refractivity contribution in [3.63, 3.8) is 0 Å². The van der Waals surface area contributed by atoms with E-state index in [4.69, 9.17) is 0 Å².